The first kappa shape index (κ1) is 21.7. The van der Waals surface area contributed by atoms with E-state index in [1.807, 2.05) is 0 Å². The monoisotopic (exact) mass is 308 g/mol. The van der Waals surface area contributed by atoms with E-state index < -0.39 is 0 Å². The zero-order chi connectivity index (χ0) is 17.3. The summed E-state index contributed by atoms with van der Waals surface area (Å²) in [5.41, 5.74) is 1.70. The summed E-state index contributed by atoms with van der Waals surface area (Å²) in [5.74, 6) is 4.43. The summed E-state index contributed by atoms with van der Waals surface area (Å²) in [7, 11) is 0. The van der Waals surface area contributed by atoms with Crippen molar-refractivity contribution in [3.8, 4) is 0 Å². The number of rotatable bonds is 11. The summed E-state index contributed by atoms with van der Waals surface area (Å²) in [6, 6.07) is 0. The van der Waals surface area contributed by atoms with E-state index in [4.69, 9.17) is 0 Å². The lowest BCUT2D eigenvalue weighted by atomic mass is 9.77. The summed E-state index contributed by atoms with van der Waals surface area (Å²) in [6.07, 6.45) is 9.56. The zero-order valence-electron chi connectivity index (χ0n) is 17.1. The van der Waals surface area contributed by atoms with Gasteiger partial charge in [0.05, 0.1) is 0 Å². The fourth-order valence-corrected chi connectivity index (χ4v) is 3.40. The Labute approximate surface area is 142 Å². The topological polar surface area (TPSA) is 0 Å². The molecule has 0 radical (unpaired) electrons. The molecule has 0 heteroatoms. The minimum atomic E-state index is 0.676. The van der Waals surface area contributed by atoms with Gasteiger partial charge in [0.2, 0.25) is 0 Å². The third-order valence-corrected chi connectivity index (χ3v) is 5.90. The maximum Gasteiger partial charge on any atom is -0.0203 e. The second kappa shape index (κ2) is 11.3. The Bertz CT molecular complexity index is 297. The Hall–Kier alpha value is -0.260. The molecule has 0 nitrogen and oxygen atoms in total. The van der Waals surface area contributed by atoms with Gasteiger partial charge in [0.1, 0.15) is 0 Å². The van der Waals surface area contributed by atoms with E-state index >= 15 is 0 Å². The highest BCUT2D eigenvalue weighted by molar-refractivity contribution is 5.11. The van der Waals surface area contributed by atoms with Crippen LogP contribution in [0.2, 0.25) is 0 Å². The van der Waals surface area contributed by atoms with Crippen molar-refractivity contribution in [3.05, 3.63) is 11.6 Å². The molecule has 0 spiro atoms. The van der Waals surface area contributed by atoms with Crippen molar-refractivity contribution in [2.75, 3.05) is 0 Å². The van der Waals surface area contributed by atoms with Crippen LogP contribution in [0, 0.1) is 35.5 Å². The Balaban J connectivity index is 4.78. The van der Waals surface area contributed by atoms with Crippen LogP contribution in [-0.2, 0) is 0 Å². The molecule has 0 bridgehead atoms. The number of hydrogen-bond acceptors (Lipinski definition) is 0. The van der Waals surface area contributed by atoms with Gasteiger partial charge in [-0.05, 0) is 35.5 Å². The third kappa shape index (κ3) is 7.84. The smallest absolute Gasteiger partial charge is 0.0203 e. The van der Waals surface area contributed by atoms with Crippen LogP contribution in [0.3, 0.4) is 0 Å². The normalized spacial score (nSPS) is 18.6. The van der Waals surface area contributed by atoms with Gasteiger partial charge in [0.25, 0.3) is 0 Å². The molecule has 0 aromatic heterocycles. The highest BCUT2D eigenvalue weighted by Gasteiger charge is 2.21. The third-order valence-electron chi connectivity index (χ3n) is 5.90. The zero-order valence-corrected chi connectivity index (χ0v) is 17.1. The maximum absolute atomic E-state index is 2.61. The van der Waals surface area contributed by atoms with Gasteiger partial charge in [0, 0.05) is 0 Å². The molecule has 4 atom stereocenters. The van der Waals surface area contributed by atoms with E-state index in [-0.39, 0.29) is 0 Å². The van der Waals surface area contributed by atoms with Gasteiger partial charge >= 0.3 is 0 Å². The van der Waals surface area contributed by atoms with Crippen molar-refractivity contribution >= 4 is 0 Å². The fourth-order valence-electron chi connectivity index (χ4n) is 3.40. The predicted octanol–water partition coefficient (Wildman–Crippen LogP) is 7.74. The van der Waals surface area contributed by atoms with Gasteiger partial charge in [-0.25, -0.2) is 0 Å². The van der Waals surface area contributed by atoms with Crippen molar-refractivity contribution in [3.63, 3.8) is 0 Å². The molecule has 0 aliphatic carbocycles. The van der Waals surface area contributed by atoms with Crippen molar-refractivity contribution in [1.82, 2.24) is 0 Å². The highest BCUT2D eigenvalue weighted by Crippen LogP contribution is 2.32. The lowest BCUT2D eigenvalue weighted by molar-refractivity contribution is 0.330. The first-order valence-corrected chi connectivity index (χ1v) is 9.93. The first-order chi connectivity index (χ1) is 10.2. The molecular weight excluding hydrogens is 264 g/mol. The quantitative estimate of drug-likeness (QED) is 0.270. The molecule has 0 fully saturated rings. The lowest BCUT2D eigenvalue weighted by Crippen LogP contribution is -2.18. The molecule has 0 rings (SSSR count). The SMILES string of the molecule is CCCCCCC(C)C(C)C(=CC(C)C(C)C(C)C)C(C)C. The van der Waals surface area contributed by atoms with Crippen molar-refractivity contribution < 1.29 is 0 Å². The molecule has 0 amide bonds. The molecule has 4 unspecified atom stereocenters. The standard InChI is InChI=1S/C22H44/c1-10-11-12-13-14-18(6)21(9)22(17(4)5)15-19(7)20(8)16(2)3/h15-21H,10-14H2,1-9H3. The first-order valence-electron chi connectivity index (χ1n) is 9.93. The average Bonchev–Trinajstić information content (AvgIpc) is 2.46. The Morgan fingerprint density at radius 3 is 1.86 bits per heavy atom. The molecule has 0 saturated heterocycles. The van der Waals surface area contributed by atoms with Crippen molar-refractivity contribution in [2.45, 2.75) is 94.4 Å². The molecular formula is C22H44. The van der Waals surface area contributed by atoms with E-state index in [1.54, 1.807) is 5.57 Å². The Morgan fingerprint density at radius 1 is 0.818 bits per heavy atom. The van der Waals surface area contributed by atoms with E-state index in [1.165, 1.54) is 32.1 Å². The van der Waals surface area contributed by atoms with E-state index in [9.17, 15) is 0 Å². The van der Waals surface area contributed by atoms with E-state index in [0.29, 0.717) is 11.8 Å². The van der Waals surface area contributed by atoms with Crippen LogP contribution in [0.25, 0.3) is 0 Å². The van der Waals surface area contributed by atoms with Crippen LogP contribution in [-0.4, -0.2) is 0 Å². The molecule has 22 heavy (non-hydrogen) atoms. The van der Waals surface area contributed by atoms with Crippen LogP contribution in [0.5, 0.6) is 0 Å². The lowest BCUT2D eigenvalue weighted by Gasteiger charge is -2.29. The molecule has 0 aromatic carbocycles. The molecule has 0 heterocycles. The largest absolute Gasteiger partial charge is 0.0817 e. The van der Waals surface area contributed by atoms with Gasteiger partial charge in [-0.3, -0.25) is 0 Å². The minimum absolute atomic E-state index is 0.676. The van der Waals surface area contributed by atoms with Crippen LogP contribution in [0.15, 0.2) is 11.6 Å². The molecule has 0 N–H and O–H groups in total. The van der Waals surface area contributed by atoms with Crippen LogP contribution in [0.1, 0.15) is 94.4 Å². The van der Waals surface area contributed by atoms with Crippen LogP contribution < -0.4 is 0 Å². The van der Waals surface area contributed by atoms with E-state index in [0.717, 1.165) is 23.7 Å². The molecule has 132 valence electrons. The van der Waals surface area contributed by atoms with Gasteiger partial charge < -0.3 is 0 Å². The second-order valence-electron chi connectivity index (χ2n) is 8.40. The van der Waals surface area contributed by atoms with Crippen molar-refractivity contribution in [2.24, 2.45) is 35.5 Å². The second-order valence-corrected chi connectivity index (χ2v) is 8.40. The van der Waals surface area contributed by atoms with Gasteiger partial charge in [-0.2, -0.15) is 0 Å². The summed E-state index contributed by atoms with van der Waals surface area (Å²) < 4.78 is 0. The molecule has 0 aromatic rings. The summed E-state index contributed by atoms with van der Waals surface area (Å²) >= 11 is 0. The van der Waals surface area contributed by atoms with Gasteiger partial charge in [-0.15, -0.1) is 0 Å². The predicted molar refractivity (Wildman–Crippen MR) is 103 cm³/mol. The van der Waals surface area contributed by atoms with Crippen LogP contribution in [0.4, 0.5) is 0 Å². The highest BCUT2D eigenvalue weighted by atomic mass is 14.3. The maximum atomic E-state index is 2.61. The Morgan fingerprint density at radius 2 is 1.41 bits per heavy atom. The van der Waals surface area contributed by atoms with Gasteiger partial charge in [-0.1, -0.05) is 106 Å². The number of hydrogen-bond donors (Lipinski definition) is 0. The minimum Gasteiger partial charge on any atom is -0.0817 e. The van der Waals surface area contributed by atoms with E-state index in [2.05, 4.69) is 68.4 Å². The fraction of sp³-hybridized carbons (Fsp3) is 0.909. The average molecular weight is 309 g/mol. The summed E-state index contributed by atoms with van der Waals surface area (Å²) in [5, 5.41) is 0. The summed E-state index contributed by atoms with van der Waals surface area (Å²) in [4.78, 5) is 0. The number of allylic oxidation sites excluding steroid dienone is 2. The Kier molecular flexibility index (Phi) is 11.2. The molecule has 0 aliphatic rings. The molecule has 0 saturated carbocycles. The van der Waals surface area contributed by atoms with Crippen molar-refractivity contribution in [1.29, 1.82) is 0 Å². The van der Waals surface area contributed by atoms with Gasteiger partial charge in [0.15, 0.2) is 0 Å². The molecule has 0 aliphatic heterocycles. The summed E-state index contributed by atoms with van der Waals surface area (Å²) in [6.45, 7) is 21.5. The number of unbranched alkanes of at least 4 members (excludes halogenated alkanes) is 3. The van der Waals surface area contributed by atoms with Crippen LogP contribution >= 0.6 is 0 Å².